The molecule has 0 saturated heterocycles. The standard InChI is InChI=1S/C28H38ClN5O4/c1-28(2,18-31-26(36)21-16-19(29)12-13-23(21)38-6)17-24(35)33-25(22(30-3)14-15-34(4)5)27(37)32-20-10-8-7-9-11-20/h7-13,16,30H,14-15,17-18H2,1-6H3,(H,31,36)(H,32,37)(H,33,35)/b25-22+. The fourth-order valence-electron chi connectivity index (χ4n) is 3.65. The Morgan fingerprint density at radius 1 is 1.05 bits per heavy atom. The third-order valence-electron chi connectivity index (χ3n) is 5.71. The third-order valence-corrected chi connectivity index (χ3v) is 5.94. The molecule has 0 radical (unpaired) electrons. The summed E-state index contributed by atoms with van der Waals surface area (Å²) in [5, 5.41) is 12.0. The summed E-state index contributed by atoms with van der Waals surface area (Å²) in [7, 11) is 7.07. The van der Waals surface area contributed by atoms with Crippen molar-refractivity contribution in [2.45, 2.75) is 26.7 Å². The smallest absolute Gasteiger partial charge is 0.273 e. The van der Waals surface area contributed by atoms with Gasteiger partial charge in [-0.25, -0.2) is 0 Å². The van der Waals surface area contributed by atoms with Crippen molar-refractivity contribution in [3.63, 3.8) is 0 Å². The minimum absolute atomic E-state index is 0.0623. The molecular weight excluding hydrogens is 506 g/mol. The van der Waals surface area contributed by atoms with E-state index < -0.39 is 11.3 Å². The van der Waals surface area contributed by atoms with Gasteiger partial charge in [-0.05, 0) is 49.8 Å². The lowest BCUT2D eigenvalue weighted by Gasteiger charge is -2.25. The second-order valence-electron chi connectivity index (χ2n) is 9.89. The Morgan fingerprint density at radius 2 is 1.74 bits per heavy atom. The SMILES string of the molecule is CN/C(CCN(C)C)=C(/NC(=O)CC(C)(C)CNC(=O)c1cc(Cl)ccc1OC)C(=O)Nc1ccccc1. The number of carbonyl (C=O) groups is 3. The highest BCUT2D eigenvalue weighted by Gasteiger charge is 2.26. The van der Waals surface area contributed by atoms with Gasteiger partial charge < -0.3 is 30.9 Å². The number of amides is 3. The Kier molecular flexibility index (Phi) is 11.6. The Labute approximate surface area is 229 Å². The van der Waals surface area contributed by atoms with E-state index in [1.807, 2.05) is 51.0 Å². The van der Waals surface area contributed by atoms with Gasteiger partial charge in [-0.2, -0.15) is 0 Å². The molecular formula is C28H38ClN5O4. The fraction of sp³-hybridized carbons (Fsp3) is 0.393. The zero-order chi connectivity index (χ0) is 28.3. The molecule has 9 nitrogen and oxygen atoms in total. The summed E-state index contributed by atoms with van der Waals surface area (Å²) in [5.41, 5.74) is 1.08. The van der Waals surface area contributed by atoms with Crippen molar-refractivity contribution in [2.75, 3.05) is 46.7 Å². The maximum absolute atomic E-state index is 13.2. The first kappa shape index (κ1) is 30.7. The van der Waals surface area contributed by atoms with Crippen LogP contribution in [0.1, 0.15) is 37.0 Å². The predicted octanol–water partition coefficient (Wildman–Crippen LogP) is 3.63. The number of carbonyl (C=O) groups excluding carboxylic acids is 3. The topological polar surface area (TPSA) is 112 Å². The van der Waals surface area contributed by atoms with E-state index in [1.165, 1.54) is 13.2 Å². The Hall–Kier alpha value is -3.56. The molecule has 0 bridgehead atoms. The first-order valence-electron chi connectivity index (χ1n) is 12.3. The van der Waals surface area contributed by atoms with Gasteiger partial charge in [0.25, 0.3) is 11.8 Å². The number of para-hydroxylation sites is 1. The normalized spacial score (nSPS) is 11.9. The fourth-order valence-corrected chi connectivity index (χ4v) is 3.82. The number of hydrogen-bond acceptors (Lipinski definition) is 6. The van der Waals surface area contributed by atoms with E-state index in [1.54, 1.807) is 31.3 Å². The molecule has 0 fully saturated rings. The van der Waals surface area contributed by atoms with Crippen molar-refractivity contribution in [1.29, 1.82) is 0 Å². The average Bonchev–Trinajstić information content (AvgIpc) is 2.87. The number of ether oxygens (including phenoxy) is 1. The van der Waals surface area contributed by atoms with Crippen LogP contribution in [0.5, 0.6) is 5.75 Å². The lowest BCUT2D eigenvalue weighted by atomic mass is 9.88. The highest BCUT2D eigenvalue weighted by Crippen LogP contribution is 2.24. The van der Waals surface area contributed by atoms with Gasteiger partial charge in [0, 0.05) is 49.4 Å². The number of nitrogens with zero attached hydrogens (tertiary/aromatic N) is 1. The summed E-state index contributed by atoms with van der Waals surface area (Å²) in [4.78, 5) is 41.1. The van der Waals surface area contributed by atoms with Crippen molar-refractivity contribution in [2.24, 2.45) is 5.41 Å². The number of benzene rings is 2. The first-order valence-corrected chi connectivity index (χ1v) is 12.7. The average molecular weight is 544 g/mol. The van der Waals surface area contributed by atoms with Crippen LogP contribution in [0.15, 0.2) is 59.9 Å². The molecule has 0 unspecified atom stereocenters. The van der Waals surface area contributed by atoms with E-state index in [2.05, 4.69) is 21.3 Å². The number of hydrogen-bond donors (Lipinski definition) is 4. The Bertz CT molecular complexity index is 1150. The summed E-state index contributed by atoms with van der Waals surface area (Å²) in [6.07, 6.45) is 0.592. The predicted molar refractivity (Wildman–Crippen MR) is 151 cm³/mol. The lowest BCUT2D eigenvalue weighted by molar-refractivity contribution is -0.124. The summed E-state index contributed by atoms with van der Waals surface area (Å²) in [6, 6.07) is 13.8. The van der Waals surface area contributed by atoms with Crippen LogP contribution >= 0.6 is 11.6 Å². The van der Waals surface area contributed by atoms with Gasteiger partial charge in [0.15, 0.2) is 0 Å². The maximum Gasteiger partial charge on any atom is 0.273 e. The van der Waals surface area contributed by atoms with Gasteiger partial charge in [0.2, 0.25) is 5.91 Å². The number of anilines is 1. The quantitative estimate of drug-likeness (QED) is 0.287. The molecule has 2 aromatic carbocycles. The van der Waals surface area contributed by atoms with E-state index in [4.69, 9.17) is 16.3 Å². The molecule has 0 atom stereocenters. The monoisotopic (exact) mass is 543 g/mol. The highest BCUT2D eigenvalue weighted by atomic mass is 35.5. The van der Waals surface area contributed by atoms with Gasteiger partial charge in [0.05, 0.1) is 12.7 Å². The number of nitrogens with one attached hydrogen (secondary N) is 4. The molecule has 3 amide bonds. The number of rotatable bonds is 13. The Balaban J connectivity index is 2.14. The summed E-state index contributed by atoms with van der Waals surface area (Å²) >= 11 is 6.05. The molecule has 0 heterocycles. The summed E-state index contributed by atoms with van der Waals surface area (Å²) < 4.78 is 5.26. The van der Waals surface area contributed by atoms with Crippen molar-refractivity contribution < 1.29 is 19.1 Å². The molecule has 0 spiro atoms. The molecule has 4 N–H and O–H groups in total. The van der Waals surface area contributed by atoms with Crippen LogP contribution < -0.4 is 26.0 Å². The minimum Gasteiger partial charge on any atom is -0.496 e. The number of halogens is 1. The van der Waals surface area contributed by atoms with Gasteiger partial charge in [-0.1, -0.05) is 43.6 Å². The molecule has 10 heteroatoms. The molecule has 2 aromatic rings. The van der Waals surface area contributed by atoms with E-state index in [-0.39, 0.29) is 30.5 Å². The Morgan fingerprint density at radius 3 is 2.34 bits per heavy atom. The van der Waals surface area contributed by atoms with Crippen LogP contribution in [-0.2, 0) is 9.59 Å². The van der Waals surface area contributed by atoms with Crippen molar-refractivity contribution >= 4 is 35.0 Å². The lowest BCUT2D eigenvalue weighted by Crippen LogP contribution is -2.40. The van der Waals surface area contributed by atoms with E-state index in [0.717, 1.165) is 0 Å². The van der Waals surface area contributed by atoms with Crippen LogP contribution in [0.2, 0.25) is 5.02 Å². The van der Waals surface area contributed by atoms with Crippen LogP contribution in [-0.4, -0.2) is 64.0 Å². The second-order valence-corrected chi connectivity index (χ2v) is 10.3. The molecule has 0 aliphatic carbocycles. The minimum atomic E-state index is -0.615. The molecule has 2 rings (SSSR count). The number of methoxy groups -OCH3 is 1. The summed E-state index contributed by atoms with van der Waals surface area (Å²) in [5.74, 6) is -0.729. The molecule has 38 heavy (non-hydrogen) atoms. The molecule has 0 aliphatic heterocycles. The first-order chi connectivity index (χ1) is 18.0. The van der Waals surface area contributed by atoms with E-state index >= 15 is 0 Å². The second kappa shape index (κ2) is 14.4. The van der Waals surface area contributed by atoms with Crippen molar-refractivity contribution in [1.82, 2.24) is 20.9 Å². The van der Waals surface area contributed by atoms with E-state index in [0.29, 0.717) is 40.7 Å². The molecule has 206 valence electrons. The van der Waals surface area contributed by atoms with Crippen LogP contribution in [0.4, 0.5) is 5.69 Å². The van der Waals surface area contributed by atoms with Crippen molar-refractivity contribution in [3.8, 4) is 5.75 Å². The summed E-state index contributed by atoms with van der Waals surface area (Å²) in [6.45, 7) is 4.61. The van der Waals surface area contributed by atoms with Gasteiger partial charge in [-0.3, -0.25) is 14.4 Å². The van der Waals surface area contributed by atoms with Crippen molar-refractivity contribution in [3.05, 3.63) is 70.5 Å². The zero-order valence-electron chi connectivity index (χ0n) is 22.9. The maximum atomic E-state index is 13.2. The van der Waals surface area contributed by atoms with Crippen LogP contribution in [0.3, 0.4) is 0 Å². The largest absolute Gasteiger partial charge is 0.496 e. The van der Waals surface area contributed by atoms with Gasteiger partial charge >= 0.3 is 0 Å². The van der Waals surface area contributed by atoms with Gasteiger partial charge in [-0.15, -0.1) is 0 Å². The van der Waals surface area contributed by atoms with Crippen LogP contribution in [0, 0.1) is 5.41 Å². The highest BCUT2D eigenvalue weighted by molar-refractivity contribution is 6.31. The zero-order valence-corrected chi connectivity index (χ0v) is 23.7. The van der Waals surface area contributed by atoms with Gasteiger partial charge in [0.1, 0.15) is 11.4 Å². The van der Waals surface area contributed by atoms with E-state index in [9.17, 15) is 14.4 Å². The molecule has 0 saturated carbocycles. The third kappa shape index (κ3) is 9.72. The molecule has 0 aliphatic rings. The van der Waals surface area contributed by atoms with Crippen LogP contribution in [0.25, 0.3) is 0 Å². The molecule has 0 aromatic heterocycles.